The van der Waals surface area contributed by atoms with Crippen LogP contribution in [0.25, 0.3) is 11.5 Å². The highest BCUT2D eigenvalue weighted by Gasteiger charge is 2.21. The SMILES string of the molecule is CN(CC1CCOC1)C(=O)NCc1noc(-c2ccc3c(c2)OCO3)n1. The van der Waals surface area contributed by atoms with Crippen LogP contribution in [0, 0.1) is 5.92 Å². The van der Waals surface area contributed by atoms with Crippen molar-refractivity contribution in [1.29, 1.82) is 0 Å². The lowest BCUT2D eigenvalue weighted by Crippen LogP contribution is -2.39. The first-order chi connectivity index (χ1) is 12.7. The van der Waals surface area contributed by atoms with Crippen LogP contribution in [0.4, 0.5) is 4.79 Å². The maximum Gasteiger partial charge on any atom is 0.317 e. The minimum Gasteiger partial charge on any atom is -0.454 e. The smallest absolute Gasteiger partial charge is 0.317 e. The number of fused-ring (bicyclic) bond motifs is 1. The summed E-state index contributed by atoms with van der Waals surface area (Å²) in [5.41, 5.74) is 0.734. The molecule has 1 unspecified atom stereocenters. The molecular weight excluding hydrogens is 340 g/mol. The molecular formula is C17H20N4O5. The molecule has 26 heavy (non-hydrogen) atoms. The number of nitrogens with zero attached hydrogens (tertiary/aromatic N) is 3. The van der Waals surface area contributed by atoms with Crippen LogP contribution in [0.3, 0.4) is 0 Å². The van der Waals surface area contributed by atoms with Gasteiger partial charge in [-0.15, -0.1) is 0 Å². The van der Waals surface area contributed by atoms with Gasteiger partial charge in [0.25, 0.3) is 5.89 Å². The Hall–Kier alpha value is -2.81. The highest BCUT2D eigenvalue weighted by Crippen LogP contribution is 2.35. The third-order valence-electron chi connectivity index (χ3n) is 4.39. The number of ether oxygens (including phenoxy) is 3. The first-order valence-electron chi connectivity index (χ1n) is 8.48. The summed E-state index contributed by atoms with van der Waals surface area (Å²) in [6, 6.07) is 5.23. The van der Waals surface area contributed by atoms with E-state index in [-0.39, 0.29) is 19.4 Å². The maximum atomic E-state index is 12.2. The van der Waals surface area contributed by atoms with E-state index in [2.05, 4.69) is 15.5 Å². The van der Waals surface area contributed by atoms with E-state index in [0.717, 1.165) is 18.6 Å². The van der Waals surface area contributed by atoms with E-state index in [1.54, 1.807) is 24.1 Å². The minimum absolute atomic E-state index is 0.175. The number of hydrogen-bond donors (Lipinski definition) is 1. The van der Waals surface area contributed by atoms with Gasteiger partial charge in [0.1, 0.15) is 0 Å². The molecule has 1 aromatic carbocycles. The predicted molar refractivity (Wildman–Crippen MR) is 89.6 cm³/mol. The van der Waals surface area contributed by atoms with Crippen molar-refractivity contribution in [1.82, 2.24) is 20.4 Å². The van der Waals surface area contributed by atoms with Gasteiger partial charge in [0.05, 0.1) is 13.2 Å². The van der Waals surface area contributed by atoms with Crippen molar-refractivity contribution in [3.8, 4) is 23.0 Å². The zero-order valence-corrected chi connectivity index (χ0v) is 14.4. The van der Waals surface area contributed by atoms with Crippen molar-refractivity contribution in [2.45, 2.75) is 13.0 Å². The van der Waals surface area contributed by atoms with E-state index in [9.17, 15) is 4.79 Å². The summed E-state index contributed by atoms with van der Waals surface area (Å²) >= 11 is 0. The third kappa shape index (κ3) is 3.57. The topological polar surface area (TPSA) is 99.0 Å². The Balaban J connectivity index is 1.32. The fourth-order valence-electron chi connectivity index (χ4n) is 2.96. The number of carbonyl (C=O) groups is 1. The van der Waals surface area contributed by atoms with Crippen LogP contribution in [-0.2, 0) is 11.3 Å². The largest absolute Gasteiger partial charge is 0.454 e. The van der Waals surface area contributed by atoms with Crippen molar-refractivity contribution < 1.29 is 23.5 Å². The summed E-state index contributed by atoms with van der Waals surface area (Å²) in [5, 5.41) is 6.70. The van der Waals surface area contributed by atoms with Gasteiger partial charge < -0.3 is 29.0 Å². The molecule has 1 fully saturated rings. The number of amides is 2. The Kier molecular flexibility index (Phi) is 4.61. The summed E-state index contributed by atoms with van der Waals surface area (Å²) in [7, 11) is 1.77. The molecule has 1 saturated heterocycles. The normalized spacial score (nSPS) is 18.1. The molecule has 4 rings (SSSR count). The molecule has 9 heteroatoms. The first-order valence-corrected chi connectivity index (χ1v) is 8.48. The van der Waals surface area contributed by atoms with Crippen LogP contribution in [0.5, 0.6) is 11.5 Å². The van der Waals surface area contributed by atoms with Crippen LogP contribution in [0.1, 0.15) is 12.2 Å². The van der Waals surface area contributed by atoms with Crippen molar-refractivity contribution in [2.24, 2.45) is 5.92 Å². The molecule has 0 saturated carbocycles. The van der Waals surface area contributed by atoms with Gasteiger partial charge in [0, 0.05) is 31.7 Å². The van der Waals surface area contributed by atoms with Crippen LogP contribution in [0.2, 0.25) is 0 Å². The van der Waals surface area contributed by atoms with Gasteiger partial charge in [-0.25, -0.2) is 4.79 Å². The van der Waals surface area contributed by atoms with Crippen molar-refractivity contribution in [2.75, 3.05) is 33.6 Å². The van der Waals surface area contributed by atoms with Crippen molar-refractivity contribution in [3.63, 3.8) is 0 Å². The number of nitrogens with one attached hydrogen (secondary N) is 1. The fraction of sp³-hybridized carbons (Fsp3) is 0.471. The van der Waals surface area contributed by atoms with E-state index in [0.29, 0.717) is 42.3 Å². The van der Waals surface area contributed by atoms with Gasteiger partial charge in [-0.05, 0) is 24.6 Å². The third-order valence-corrected chi connectivity index (χ3v) is 4.39. The van der Waals surface area contributed by atoms with Crippen LogP contribution in [-0.4, -0.2) is 54.7 Å². The Morgan fingerprint density at radius 3 is 3.08 bits per heavy atom. The molecule has 1 atom stereocenters. The number of aromatic nitrogens is 2. The minimum atomic E-state index is -0.175. The van der Waals surface area contributed by atoms with E-state index < -0.39 is 0 Å². The average molecular weight is 360 g/mol. The van der Waals surface area contributed by atoms with Crippen LogP contribution < -0.4 is 14.8 Å². The molecule has 2 amide bonds. The van der Waals surface area contributed by atoms with E-state index >= 15 is 0 Å². The lowest BCUT2D eigenvalue weighted by atomic mass is 10.1. The lowest BCUT2D eigenvalue weighted by Gasteiger charge is -2.20. The summed E-state index contributed by atoms with van der Waals surface area (Å²) in [5.74, 6) is 2.51. The summed E-state index contributed by atoms with van der Waals surface area (Å²) in [4.78, 5) is 18.1. The molecule has 138 valence electrons. The molecule has 9 nitrogen and oxygen atoms in total. The monoisotopic (exact) mass is 360 g/mol. The summed E-state index contributed by atoms with van der Waals surface area (Å²) < 4.78 is 21.2. The van der Waals surface area contributed by atoms with Crippen LogP contribution in [0.15, 0.2) is 22.7 Å². The molecule has 0 aliphatic carbocycles. The van der Waals surface area contributed by atoms with Gasteiger partial charge >= 0.3 is 6.03 Å². The molecule has 0 spiro atoms. The Labute approximate surface area is 150 Å². The van der Waals surface area contributed by atoms with E-state index in [1.807, 2.05) is 6.07 Å². The quantitative estimate of drug-likeness (QED) is 0.865. The van der Waals surface area contributed by atoms with Gasteiger partial charge in [0.15, 0.2) is 17.3 Å². The van der Waals surface area contributed by atoms with Crippen molar-refractivity contribution in [3.05, 3.63) is 24.0 Å². The first kappa shape index (κ1) is 16.6. The van der Waals surface area contributed by atoms with Gasteiger partial charge in [0.2, 0.25) is 6.79 Å². The Morgan fingerprint density at radius 1 is 1.35 bits per heavy atom. The second-order valence-electron chi connectivity index (χ2n) is 6.35. The number of benzene rings is 1. The van der Waals surface area contributed by atoms with Gasteiger partial charge in [-0.2, -0.15) is 4.98 Å². The summed E-state index contributed by atoms with van der Waals surface area (Å²) in [6.45, 7) is 2.55. The molecule has 0 radical (unpaired) electrons. The highest BCUT2D eigenvalue weighted by atomic mass is 16.7. The van der Waals surface area contributed by atoms with Crippen LogP contribution >= 0.6 is 0 Å². The van der Waals surface area contributed by atoms with E-state index in [1.165, 1.54) is 0 Å². The number of hydrogen-bond acceptors (Lipinski definition) is 7. The maximum absolute atomic E-state index is 12.2. The lowest BCUT2D eigenvalue weighted by molar-refractivity contribution is 0.171. The predicted octanol–water partition coefficient (Wildman–Crippen LogP) is 1.64. The number of carbonyl (C=O) groups excluding carboxylic acids is 1. The van der Waals surface area contributed by atoms with Crippen molar-refractivity contribution >= 4 is 6.03 Å². The van der Waals surface area contributed by atoms with Gasteiger partial charge in [-0.1, -0.05) is 5.16 Å². The summed E-state index contributed by atoms with van der Waals surface area (Å²) in [6.07, 6.45) is 0.987. The van der Waals surface area contributed by atoms with E-state index in [4.69, 9.17) is 18.7 Å². The second kappa shape index (κ2) is 7.20. The zero-order chi connectivity index (χ0) is 17.9. The molecule has 2 aliphatic heterocycles. The zero-order valence-electron chi connectivity index (χ0n) is 14.4. The highest BCUT2D eigenvalue weighted by molar-refractivity contribution is 5.73. The molecule has 1 aromatic heterocycles. The van der Waals surface area contributed by atoms with Gasteiger partial charge in [-0.3, -0.25) is 0 Å². The Morgan fingerprint density at radius 2 is 2.23 bits per heavy atom. The Bertz CT molecular complexity index is 787. The molecule has 1 N–H and O–H groups in total. The molecule has 0 bridgehead atoms. The molecule has 2 aromatic rings. The standard InChI is InChI=1S/C17H20N4O5/c1-21(8-11-4-5-23-9-11)17(22)18-7-15-19-16(26-20-15)12-2-3-13-14(6-12)25-10-24-13/h2-3,6,11H,4-5,7-10H2,1H3,(H,18,22). The second-order valence-corrected chi connectivity index (χ2v) is 6.35. The number of urea groups is 1. The average Bonchev–Trinajstić information content (AvgIpc) is 3.39. The number of rotatable bonds is 5. The molecule has 2 aliphatic rings. The fourth-order valence-corrected chi connectivity index (χ4v) is 2.96. The molecule has 3 heterocycles.